The molecule has 0 saturated carbocycles. The maximum Gasteiger partial charge on any atom is 0.0707 e. The molecule has 0 atom stereocenters. The summed E-state index contributed by atoms with van der Waals surface area (Å²) in [6.07, 6.45) is 0. The Balaban J connectivity index is 2.27. The van der Waals surface area contributed by atoms with Crippen LogP contribution in [0.3, 0.4) is 0 Å². The van der Waals surface area contributed by atoms with Crippen LogP contribution in [0.1, 0.15) is 74.9 Å². The Labute approximate surface area is 200 Å². The average molecular weight is 433 g/mol. The van der Waals surface area contributed by atoms with Crippen molar-refractivity contribution >= 4 is 0 Å². The summed E-state index contributed by atoms with van der Waals surface area (Å²) in [4.78, 5) is 0. The van der Waals surface area contributed by atoms with Crippen LogP contribution in [0.25, 0.3) is 0 Å². The van der Waals surface area contributed by atoms with E-state index in [1.54, 1.807) is 0 Å². The van der Waals surface area contributed by atoms with Crippen LogP contribution in [0.15, 0.2) is 109 Å². The molecule has 0 spiro atoms. The van der Waals surface area contributed by atoms with Crippen LogP contribution < -0.4 is 0 Å². The first kappa shape index (κ1) is 23.1. The van der Waals surface area contributed by atoms with Gasteiger partial charge >= 0.3 is 0 Å². The van der Waals surface area contributed by atoms with E-state index in [4.69, 9.17) is 0 Å². The maximum atomic E-state index is 2.35. The molecule has 33 heavy (non-hydrogen) atoms. The minimum absolute atomic E-state index is 0.00206. The van der Waals surface area contributed by atoms with Gasteiger partial charge in [-0.2, -0.15) is 0 Å². The molecule has 0 amide bonds. The summed E-state index contributed by atoms with van der Waals surface area (Å²) in [6.45, 7) is 13.9. The van der Waals surface area contributed by atoms with E-state index < -0.39 is 5.41 Å². The van der Waals surface area contributed by atoms with Crippen molar-refractivity contribution in [2.24, 2.45) is 0 Å². The second-order valence-corrected chi connectivity index (χ2v) is 11.1. The number of rotatable bonds is 4. The van der Waals surface area contributed by atoms with Crippen molar-refractivity contribution in [1.82, 2.24) is 0 Å². The summed E-state index contributed by atoms with van der Waals surface area (Å²) in [6, 6.07) is 40.2. The Morgan fingerprint density at radius 2 is 0.606 bits per heavy atom. The first-order valence-electron chi connectivity index (χ1n) is 12.0. The van der Waals surface area contributed by atoms with E-state index in [0.717, 1.165) is 0 Å². The van der Waals surface area contributed by atoms with Crippen molar-refractivity contribution in [1.29, 1.82) is 0 Å². The lowest BCUT2D eigenvalue weighted by Crippen LogP contribution is -2.36. The van der Waals surface area contributed by atoms with Gasteiger partial charge < -0.3 is 0 Å². The van der Waals surface area contributed by atoms with Gasteiger partial charge in [0.1, 0.15) is 0 Å². The molecular weight excluding hydrogens is 396 g/mol. The standard InChI is InChI=1S/C33H36/c1-31(2,3)27-21-13-15-23-29(27)33(25-17-9-7-10-18-25,26-19-11-8-12-20-26)30-24-16-14-22-28(30)32(4,5)6/h7-24H,1-6H3. The van der Waals surface area contributed by atoms with E-state index >= 15 is 0 Å². The minimum atomic E-state index is -0.434. The molecule has 168 valence electrons. The highest BCUT2D eigenvalue weighted by Crippen LogP contribution is 2.50. The average Bonchev–Trinajstić information content (AvgIpc) is 2.80. The van der Waals surface area contributed by atoms with Crippen LogP contribution >= 0.6 is 0 Å². The SMILES string of the molecule is CC(C)(C)c1ccccc1C(c1ccccc1)(c1ccccc1)c1ccccc1C(C)(C)C. The highest BCUT2D eigenvalue weighted by Gasteiger charge is 2.43. The Morgan fingerprint density at radius 1 is 0.333 bits per heavy atom. The molecule has 0 N–H and O–H groups in total. The molecule has 0 aliphatic carbocycles. The number of benzene rings is 4. The van der Waals surface area contributed by atoms with Crippen LogP contribution in [0.2, 0.25) is 0 Å². The molecule has 0 radical (unpaired) electrons. The van der Waals surface area contributed by atoms with Crippen LogP contribution in [0.4, 0.5) is 0 Å². The fourth-order valence-electron chi connectivity index (χ4n) is 5.24. The molecule has 0 heterocycles. The van der Waals surface area contributed by atoms with Gasteiger partial charge in [0.05, 0.1) is 5.41 Å². The van der Waals surface area contributed by atoms with Gasteiger partial charge in [-0.25, -0.2) is 0 Å². The summed E-state index contributed by atoms with van der Waals surface area (Å²) in [5.41, 5.74) is 7.62. The van der Waals surface area contributed by atoms with Gasteiger partial charge in [-0.15, -0.1) is 0 Å². The van der Waals surface area contributed by atoms with Crippen LogP contribution in [0.5, 0.6) is 0 Å². The Morgan fingerprint density at radius 3 is 0.909 bits per heavy atom. The largest absolute Gasteiger partial charge is 0.0707 e. The van der Waals surface area contributed by atoms with E-state index in [1.165, 1.54) is 33.4 Å². The number of hydrogen-bond donors (Lipinski definition) is 0. The zero-order valence-corrected chi connectivity index (χ0v) is 20.9. The molecule has 0 unspecified atom stereocenters. The molecule has 0 aliphatic heterocycles. The molecule has 4 aromatic carbocycles. The third-order valence-corrected chi connectivity index (χ3v) is 6.69. The summed E-state index contributed by atoms with van der Waals surface area (Å²) < 4.78 is 0. The van der Waals surface area contributed by atoms with E-state index in [1.807, 2.05) is 0 Å². The zero-order valence-electron chi connectivity index (χ0n) is 20.9. The molecule has 0 nitrogen and oxygen atoms in total. The maximum absolute atomic E-state index is 2.35. The first-order chi connectivity index (χ1) is 15.7. The second-order valence-electron chi connectivity index (χ2n) is 11.1. The van der Waals surface area contributed by atoms with Gasteiger partial charge in [-0.1, -0.05) is 151 Å². The van der Waals surface area contributed by atoms with Gasteiger partial charge in [-0.05, 0) is 44.2 Å². The van der Waals surface area contributed by atoms with Crippen molar-refractivity contribution in [3.63, 3.8) is 0 Å². The molecule has 0 saturated heterocycles. The summed E-state index contributed by atoms with van der Waals surface area (Å²) >= 11 is 0. The third kappa shape index (κ3) is 4.15. The molecule has 0 aromatic heterocycles. The second kappa shape index (κ2) is 8.67. The van der Waals surface area contributed by atoms with Gasteiger partial charge in [0, 0.05) is 0 Å². The summed E-state index contributed by atoms with van der Waals surface area (Å²) in [5, 5.41) is 0. The van der Waals surface area contributed by atoms with Crippen molar-refractivity contribution in [2.45, 2.75) is 57.8 Å². The predicted octanol–water partition coefficient (Wildman–Crippen LogP) is 8.66. The van der Waals surface area contributed by atoms with Crippen LogP contribution in [-0.2, 0) is 16.2 Å². The van der Waals surface area contributed by atoms with Crippen molar-refractivity contribution in [2.75, 3.05) is 0 Å². The smallest absolute Gasteiger partial charge is 0.0622 e. The Kier molecular flexibility index (Phi) is 6.06. The van der Waals surface area contributed by atoms with Crippen LogP contribution in [-0.4, -0.2) is 0 Å². The summed E-state index contributed by atoms with van der Waals surface area (Å²) in [7, 11) is 0. The molecule has 4 aromatic rings. The lowest BCUT2D eigenvalue weighted by Gasteiger charge is -2.42. The number of hydrogen-bond acceptors (Lipinski definition) is 0. The third-order valence-electron chi connectivity index (χ3n) is 6.69. The Hall–Kier alpha value is -3.12. The van der Waals surface area contributed by atoms with Gasteiger partial charge in [0.15, 0.2) is 0 Å². The van der Waals surface area contributed by atoms with Crippen molar-refractivity contribution in [3.05, 3.63) is 143 Å². The predicted molar refractivity (Wildman–Crippen MR) is 142 cm³/mol. The van der Waals surface area contributed by atoms with E-state index in [0.29, 0.717) is 0 Å². The topological polar surface area (TPSA) is 0 Å². The first-order valence-corrected chi connectivity index (χ1v) is 12.0. The molecular formula is C33H36. The molecule has 4 rings (SSSR count). The highest BCUT2D eigenvalue weighted by atomic mass is 14.4. The lowest BCUT2D eigenvalue weighted by molar-refractivity contribution is 0.551. The van der Waals surface area contributed by atoms with E-state index in [2.05, 4.69) is 151 Å². The normalized spacial score (nSPS) is 12.5. The zero-order chi connectivity index (χ0) is 23.7. The van der Waals surface area contributed by atoms with Gasteiger partial charge in [-0.3, -0.25) is 0 Å². The lowest BCUT2D eigenvalue weighted by atomic mass is 9.59. The van der Waals surface area contributed by atoms with Gasteiger partial charge in [0.25, 0.3) is 0 Å². The summed E-state index contributed by atoms with van der Waals surface area (Å²) in [5.74, 6) is 0. The van der Waals surface area contributed by atoms with E-state index in [-0.39, 0.29) is 10.8 Å². The van der Waals surface area contributed by atoms with Crippen molar-refractivity contribution in [3.8, 4) is 0 Å². The molecule has 0 bridgehead atoms. The molecule has 0 fully saturated rings. The highest BCUT2D eigenvalue weighted by molar-refractivity contribution is 5.64. The van der Waals surface area contributed by atoms with Gasteiger partial charge in [0.2, 0.25) is 0 Å². The van der Waals surface area contributed by atoms with Crippen molar-refractivity contribution < 1.29 is 0 Å². The quantitative estimate of drug-likeness (QED) is 0.283. The molecule has 0 aliphatic rings. The monoisotopic (exact) mass is 432 g/mol. The fraction of sp³-hybridized carbons (Fsp3) is 0.273. The molecule has 0 heteroatoms. The van der Waals surface area contributed by atoms with Crippen LogP contribution in [0, 0.1) is 0 Å². The fourth-order valence-corrected chi connectivity index (χ4v) is 5.24. The minimum Gasteiger partial charge on any atom is -0.0622 e. The van der Waals surface area contributed by atoms with E-state index in [9.17, 15) is 0 Å². The Bertz CT molecular complexity index is 1100.